The van der Waals surface area contributed by atoms with Crippen molar-refractivity contribution in [2.24, 2.45) is 10.4 Å². The Balaban J connectivity index is 0.00000338. The zero-order chi connectivity index (χ0) is 18.3. The smallest absolute Gasteiger partial charge is 0.194 e. The minimum absolute atomic E-state index is 0. The number of guanidine groups is 1. The second kappa shape index (κ2) is 11.4. The van der Waals surface area contributed by atoms with Gasteiger partial charge in [-0.25, -0.2) is 4.98 Å². The lowest BCUT2D eigenvalue weighted by Crippen LogP contribution is -2.39. The van der Waals surface area contributed by atoms with Crippen LogP contribution in [-0.4, -0.2) is 56.8 Å². The summed E-state index contributed by atoms with van der Waals surface area (Å²) in [6.45, 7) is 7.41. The van der Waals surface area contributed by atoms with Crippen LogP contribution < -0.4 is 5.32 Å². The van der Waals surface area contributed by atoms with E-state index in [1.165, 1.54) is 12.8 Å². The summed E-state index contributed by atoms with van der Waals surface area (Å²) in [7, 11) is 5.55. The molecule has 1 unspecified atom stereocenters. The Morgan fingerprint density at radius 3 is 2.77 bits per heavy atom. The van der Waals surface area contributed by atoms with Gasteiger partial charge in [-0.1, -0.05) is 0 Å². The molecule has 0 spiro atoms. The lowest BCUT2D eigenvalue weighted by Gasteiger charge is -2.22. The number of ether oxygens (including phenoxy) is 2. The number of nitrogens with zero attached hydrogens (tertiary/aromatic N) is 3. The average molecular weight is 496 g/mol. The summed E-state index contributed by atoms with van der Waals surface area (Å²) in [4.78, 5) is 11.7. The quantitative estimate of drug-likeness (QED) is 0.304. The molecule has 1 aromatic heterocycles. The van der Waals surface area contributed by atoms with E-state index in [-0.39, 0.29) is 30.1 Å². The van der Waals surface area contributed by atoms with E-state index in [2.05, 4.69) is 34.6 Å². The van der Waals surface area contributed by atoms with E-state index >= 15 is 0 Å². The van der Waals surface area contributed by atoms with Crippen LogP contribution in [0.15, 0.2) is 10.4 Å². The first-order valence-corrected chi connectivity index (χ1v) is 9.87. The fraction of sp³-hybridized carbons (Fsp3) is 0.778. The maximum atomic E-state index is 5.34. The molecule has 1 aliphatic carbocycles. The number of rotatable bonds is 10. The van der Waals surface area contributed by atoms with E-state index in [9.17, 15) is 0 Å². The predicted molar refractivity (Wildman–Crippen MR) is 119 cm³/mol. The molecule has 0 saturated heterocycles. The van der Waals surface area contributed by atoms with E-state index in [0.29, 0.717) is 5.41 Å². The molecule has 150 valence electrons. The van der Waals surface area contributed by atoms with Crippen LogP contribution in [0.25, 0.3) is 0 Å². The van der Waals surface area contributed by atoms with Crippen LogP contribution in [0.2, 0.25) is 0 Å². The number of thiazole rings is 1. The van der Waals surface area contributed by atoms with Crippen molar-refractivity contribution in [1.82, 2.24) is 15.2 Å². The van der Waals surface area contributed by atoms with E-state index < -0.39 is 0 Å². The molecule has 1 atom stereocenters. The van der Waals surface area contributed by atoms with Crippen molar-refractivity contribution < 1.29 is 9.47 Å². The van der Waals surface area contributed by atoms with Crippen LogP contribution in [0.5, 0.6) is 0 Å². The number of aromatic nitrogens is 1. The number of methoxy groups -OCH3 is 2. The molecule has 26 heavy (non-hydrogen) atoms. The Morgan fingerprint density at radius 2 is 2.19 bits per heavy atom. The molecule has 1 aliphatic rings. The van der Waals surface area contributed by atoms with Crippen molar-refractivity contribution in [3.05, 3.63) is 16.1 Å². The fourth-order valence-corrected chi connectivity index (χ4v) is 3.54. The summed E-state index contributed by atoms with van der Waals surface area (Å²) in [5.74, 6) is 0.945. The van der Waals surface area contributed by atoms with Crippen LogP contribution in [0.3, 0.4) is 0 Å². The van der Waals surface area contributed by atoms with E-state index in [1.54, 1.807) is 25.6 Å². The Labute approximate surface area is 178 Å². The summed E-state index contributed by atoms with van der Waals surface area (Å²) in [6.07, 6.45) is 3.66. The highest BCUT2D eigenvalue weighted by Crippen LogP contribution is 2.49. The lowest BCUT2D eigenvalue weighted by atomic mass is 10.0. The highest BCUT2D eigenvalue weighted by Gasteiger charge is 2.41. The van der Waals surface area contributed by atoms with Gasteiger partial charge in [-0.2, -0.15) is 0 Å². The number of nitrogens with one attached hydrogen (secondary N) is 1. The van der Waals surface area contributed by atoms with Crippen molar-refractivity contribution in [2.75, 3.05) is 41.0 Å². The zero-order valence-corrected chi connectivity index (χ0v) is 19.7. The second-order valence-electron chi connectivity index (χ2n) is 6.82. The largest absolute Gasteiger partial charge is 0.385 e. The van der Waals surface area contributed by atoms with Crippen LogP contribution in [-0.2, 0) is 16.0 Å². The molecule has 1 saturated carbocycles. The molecule has 2 rings (SSSR count). The summed E-state index contributed by atoms with van der Waals surface area (Å²) < 4.78 is 10.6. The Hall–Kier alpha value is -0.450. The molecular formula is C18H33IN4O2S. The Kier molecular flexibility index (Phi) is 10.3. The molecule has 1 N–H and O–H groups in total. The summed E-state index contributed by atoms with van der Waals surface area (Å²) >= 11 is 1.65. The van der Waals surface area contributed by atoms with E-state index in [0.717, 1.165) is 49.3 Å². The average Bonchev–Trinajstić information content (AvgIpc) is 3.24. The third-order valence-corrected chi connectivity index (χ3v) is 5.78. The normalized spacial score (nSPS) is 16.7. The highest BCUT2D eigenvalue weighted by molar-refractivity contribution is 14.0. The van der Waals surface area contributed by atoms with Crippen LogP contribution in [0.1, 0.15) is 49.9 Å². The van der Waals surface area contributed by atoms with Crippen molar-refractivity contribution in [2.45, 2.75) is 45.8 Å². The van der Waals surface area contributed by atoms with Gasteiger partial charge < -0.3 is 19.7 Å². The van der Waals surface area contributed by atoms with Gasteiger partial charge in [0, 0.05) is 46.3 Å². The van der Waals surface area contributed by atoms with Gasteiger partial charge in [0.2, 0.25) is 0 Å². The Bertz CT molecular complexity index is 563. The third-order valence-electron chi connectivity index (χ3n) is 4.72. The lowest BCUT2D eigenvalue weighted by molar-refractivity contribution is 0.119. The standard InChI is InChI=1S/C18H32N4O2S.HI/c1-6-19-17(20-13-18(7-8-18)9-10-23-4)22(3)11-15-12-25-16(21-15)14(2)24-5;/h12,14H,6-11,13H2,1-5H3,(H,19,20);1H. The molecule has 1 heterocycles. The van der Waals surface area contributed by atoms with Gasteiger partial charge in [0.25, 0.3) is 0 Å². The van der Waals surface area contributed by atoms with E-state index in [1.807, 2.05) is 6.92 Å². The molecule has 0 bridgehead atoms. The molecule has 1 aromatic rings. The summed E-state index contributed by atoms with van der Waals surface area (Å²) in [5.41, 5.74) is 1.41. The van der Waals surface area contributed by atoms with Crippen molar-refractivity contribution in [3.8, 4) is 0 Å². The van der Waals surface area contributed by atoms with E-state index in [4.69, 9.17) is 14.5 Å². The fourth-order valence-electron chi connectivity index (χ4n) is 2.70. The van der Waals surface area contributed by atoms with Gasteiger partial charge in [0.1, 0.15) is 11.1 Å². The zero-order valence-electron chi connectivity index (χ0n) is 16.6. The van der Waals surface area contributed by atoms with Gasteiger partial charge in [-0.15, -0.1) is 35.3 Å². The monoisotopic (exact) mass is 496 g/mol. The van der Waals surface area contributed by atoms with Gasteiger partial charge in [-0.05, 0) is 38.5 Å². The summed E-state index contributed by atoms with van der Waals surface area (Å²) in [5, 5.41) is 6.52. The van der Waals surface area contributed by atoms with Crippen molar-refractivity contribution in [3.63, 3.8) is 0 Å². The highest BCUT2D eigenvalue weighted by atomic mass is 127. The molecule has 6 nitrogen and oxygen atoms in total. The first-order chi connectivity index (χ1) is 12.0. The third kappa shape index (κ3) is 6.94. The molecule has 8 heteroatoms. The Morgan fingerprint density at radius 1 is 1.46 bits per heavy atom. The van der Waals surface area contributed by atoms with Gasteiger partial charge in [0.05, 0.1) is 12.2 Å². The van der Waals surface area contributed by atoms with Crippen molar-refractivity contribution >= 4 is 41.3 Å². The number of aliphatic imine (C=N–C) groups is 1. The van der Waals surface area contributed by atoms with Crippen LogP contribution >= 0.6 is 35.3 Å². The maximum absolute atomic E-state index is 5.34. The van der Waals surface area contributed by atoms with Gasteiger partial charge in [0.15, 0.2) is 5.96 Å². The molecule has 0 aromatic carbocycles. The first-order valence-electron chi connectivity index (χ1n) is 8.99. The molecule has 0 aliphatic heterocycles. The predicted octanol–water partition coefficient (Wildman–Crippen LogP) is 3.68. The second-order valence-corrected chi connectivity index (χ2v) is 7.71. The van der Waals surface area contributed by atoms with Gasteiger partial charge >= 0.3 is 0 Å². The van der Waals surface area contributed by atoms with Gasteiger partial charge in [-0.3, -0.25) is 4.99 Å². The number of hydrogen-bond acceptors (Lipinski definition) is 5. The molecular weight excluding hydrogens is 463 g/mol. The summed E-state index contributed by atoms with van der Waals surface area (Å²) in [6, 6.07) is 0. The maximum Gasteiger partial charge on any atom is 0.194 e. The topological polar surface area (TPSA) is 59.0 Å². The number of halogens is 1. The first kappa shape index (κ1) is 23.6. The SMILES string of the molecule is CCNC(=NCC1(CCOC)CC1)N(C)Cc1csc(C(C)OC)n1.I. The van der Waals surface area contributed by atoms with Crippen molar-refractivity contribution in [1.29, 1.82) is 0 Å². The minimum atomic E-state index is 0. The van der Waals surface area contributed by atoms with Crippen LogP contribution in [0.4, 0.5) is 0 Å². The molecule has 0 amide bonds. The van der Waals surface area contributed by atoms with Crippen LogP contribution in [0, 0.1) is 5.41 Å². The molecule has 0 radical (unpaired) electrons. The number of hydrogen-bond donors (Lipinski definition) is 1. The molecule has 1 fully saturated rings. The minimum Gasteiger partial charge on any atom is -0.385 e.